The standard InChI is InChI=1S/C13H13N5/c14-12-11-13(16-8-15-11)17-9-18(12)7-6-10-4-2-1-3-5-10/h1-5,8-9,14H,6-7H2,(H,15,16). The van der Waals surface area contributed by atoms with Gasteiger partial charge in [-0.15, -0.1) is 0 Å². The van der Waals surface area contributed by atoms with Crippen molar-refractivity contribution in [2.24, 2.45) is 0 Å². The molecule has 0 bridgehead atoms. The molecule has 5 heteroatoms. The van der Waals surface area contributed by atoms with Crippen LogP contribution < -0.4 is 5.49 Å². The molecular weight excluding hydrogens is 226 g/mol. The van der Waals surface area contributed by atoms with Crippen molar-refractivity contribution in [2.75, 3.05) is 0 Å². The van der Waals surface area contributed by atoms with Crippen molar-refractivity contribution >= 4 is 11.2 Å². The van der Waals surface area contributed by atoms with Crippen LogP contribution >= 0.6 is 0 Å². The highest BCUT2D eigenvalue weighted by molar-refractivity contribution is 5.67. The Balaban J connectivity index is 1.87. The summed E-state index contributed by atoms with van der Waals surface area (Å²) in [5.41, 5.74) is 2.96. The van der Waals surface area contributed by atoms with Gasteiger partial charge in [-0.3, -0.25) is 5.41 Å². The number of hydrogen-bond acceptors (Lipinski definition) is 3. The first-order valence-corrected chi connectivity index (χ1v) is 5.81. The molecule has 0 aliphatic carbocycles. The third-order valence-corrected chi connectivity index (χ3v) is 2.95. The summed E-state index contributed by atoms with van der Waals surface area (Å²) in [5, 5.41) is 8.07. The van der Waals surface area contributed by atoms with Crippen molar-refractivity contribution in [2.45, 2.75) is 13.0 Å². The number of aromatic nitrogens is 4. The first-order chi connectivity index (χ1) is 8.84. The minimum atomic E-state index is 0.424. The maximum Gasteiger partial charge on any atom is 0.182 e. The number of H-pyrrole nitrogens is 1. The van der Waals surface area contributed by atoms with E-state index in [-0.39, 0.29) is 0 Å². The summed E-state index contributed by atoms with van der Waals surface area (Å²) in [6.07, 6.45) is 4.13. The van der Waals surface area contributed by atoms with E-state index in [9.17, 15) is 0 Å². The van der Waals surface area contributed by atoms with Crippen molar-refractivity contribution in [1.29, 1.82) is 5.41 Å². The van der Waals surface area contributed by atoms with E-state index in [4.69, 9.17) is 5.41 Å². The SMILES string of the molecule is N=c1c2[nH]cnc2ncn1CCc1ccccc1. The third kappa shape index (κ3) is 1.90. The van der Waals surface area contributed by atoms with Gasteiger partial charge in [0.2, 0.25) is 0 Å². The number of nitrogens with one attached hydrogen (secondary N) is 2. The van der Waals surface area contributed by atoms with Gasteiger partial charge >= 0.3 is 0 Å². The first kappa shape index (κ1) is 10.7. The van der Waals surface area contributed by atoms with Crippen LogP contribution in [0.2, 0.25) is 0 Å². The molecule has 2 heterocycles. The minimum absolute atomic E-state index is 0.424. The Kier molecular flexibility index (Phi) is 2.64. The van der Waals surface area contributed by atoms with Crippen LogP contribution in [0.15, 0.2) is 43.0 Å². The Bertz CT molecular complexity index is 711. The summed E-state index contributed by atoms with van der Waals surface area (Å²) in [5.74, 6) is 0. The number of benzene rings is 1. The summed E-state index contributed by atoms with van der Waals surface area (Å²) < 4.78 is 1.83. The van der Waals surface area contributed by atoms with Crippen LogP contribution in [0.4, 0.5) is 0 Å². The minimum Gasteiger partial charge on any atom is -0.340 e. The van der Waals surface area contributed by atoms with Crippen molar-refractivity contribution in [3.8, 4) is 0 Å². The van der Waals surface area contributed by atoms with Crippen molar-refractivity contribution < 1.29 is 0 Å². The number of imidazole rings is 1. The molecule has 2 aromatic heterocycles. The lowest BCUT2D eigenvalue weighted by atomic mass is 10.1. The molecule has 3 rings (SSSR count). The fraction of sp³-hybridized carbons (Fsp3) is 0.154. The van der Waals surface area contributed by atoms with Gasteiger partial charge in [-0.1, -0.05) is 30.3 Å². The highest BCUT2D eigenvalue weighted by Crippen LogP contribution is 2.02. The molecule has 0 saturated heterocycles. The maximum absolute atomic E-state index is 8.07. The molecule has 0 spiro atoms. The van der Waals surface area contributed by atoms with Gasteiger partial charge in [0, 0.05) is 6.54 Å². The van der Waals surface area contributed by atoms with Crippen LogP contribution in [-0.4, -0.2) is 19.5 Å². The molecule has 0 saturated carbocycles. The van der Waals surface area contributed by atoms with Gasteiger partial charge in [0.05, 0.1) is 12.7 Å². The monoisotopic (exact) mass is 239 g/mol. The molecule has 0 aliphatic heterocycles. The fourth-order valence-electron chi connectivity index (χ4n) is 1.95. The molecular formula is C13H13N5. The van der Waals surface area contributed by atoms with Crippen LogP contribution in [-0.2, 0) is 13.0 Å². The first-order valence-electron chi connectivity index (χ1n) is 5.81. The van der Waals surface area contributed by atoms with E-state index in [1.54, 1.807) is 12.7 Å². The van der Waals surface area contributed by atoms with Gasteiger partial charge in [0.1, 0.15) is 5.52 Å². The molecule has 5 nitrogen and oxygen atoms in total. The average Bonchev–Trinajstić information content (AvgIpc) is 2.88. The molecule has 0 atom stereocenters. The fourth-order valence-corrected chi connectivity index (χ4v) is 1.95. The number of nitrogens with zero attached hydrogens (tertiary/aromatic N) is 3. The summed E-state index contributed by atoms with van der Waals surface area (Å²) in [6.45, 7) is 0.741. The third-order valence-electron chi connectivity index (χ3n) is 2.95. The number of fused-ring (bicyclic) bond motifs is 1. The van der Waals surface area contributed by atoms with E-state index >= 15 is 0 Å². The zero-order valence-corrected chi connectivity index (χ0v) is 9.80. The van der Waals surface area contributed by atoms with Crippen LogP contribution in [0, 0.1) is 5.41 Å². The highest BCUT2D eigenvalue weighted by Gasteiger charge is 2.02. The average molecular weight is 239 g/mol. The van der Waals surface area contributed by atoms with Gasteiger partial charge in [0.25, 0.3) is 0 Å². The van der Waals surface area contributed by atoms with Crippen molar-refractivity contribution in [1.82, 2.24) is 19.5 Å². The van der Waals surface area contributed by atoms with E-state index in [0.29, 0.717) is 16.7 Å². The van der Waals surface area contributed by atoms with E-state index in [2.05, 4.69) is 27.1 Å². The van der Waals surface area contributed by atoms with E-state index in [1.807, 2.05) is 22.8 Å². The number of hydrogen-bond donors (Lipinski definition) is 2. The summed E-state index contributed by atoms with van der Waals surface area (Å²) in [6, 6.07) is 10.2. The van der Waals surface area contributed by atoms with Gasteiger partial charge in [-0.2, -0.15) is 0 Å². The lowest BCUT2D eigenvalue weighted by Crippen LogP contribution is -2.21. The molecule has 2 N–H and O–H groups in total. The summed E-state index contributed by atoms with van der Waals surface area (Å²) in [7, 11) is 0. The predicted molar refractivity (Wildman–Crippen MR) is 67.9 cm³/mol. The Hall–Kier alpha value is -2.43. The van der Waals surface area contributed by atoms with Crippen LogP contribution in [0.5, 0.6) is 0 Å². The second-order valence-corrected chi connectivity index (χ2v) is 4.12. The van der Waals surface area contributed by atoms with Crippen LogP contribution in [0.3, 0.4) is 0 Å². The molecule has 3 aromatic rings. The van der Waals surface area contributed by atoms with Crippen LogP contribution in [0.1, 0.15) is 5.56 Å². The molecule has 0 aliphatic rings. The molecule has 0 fully saturated rings. The second kappa shape index (κ2) is 4.44. The predicted octanol–water partition coefficient (Wildman–Crippen LogP) is 1.48. The Morgan fingerprint density at radius 3 is 2.83 bits per heavy atom. The van der Waals surface area contributed by atoms with Crippen LogP contribution in [0.25, 0.3) is 11.2 Å². The normalized spacial score (nSPS) is 10.9. The largest absolute Gasteiger partial charge is 0.340 e. The smallest absolute Gasteiger partial charge is 0.182 e. The molecule has 0 amide bonds. The number of aromatic amines is 1. The maximum atomic E-state index is 8.07. The second-order valence-electron chi connectivity index (χ2n) is 4.12. The van der Waals surface area contributed by atoms with Gasteiger partial charge in [0.15, 0.2) is 11.1 Å². The Labute approximate surface area is 104 Å². The molecule has 0 radical (unpaired) electrons. The number of rotatable bonds is 3. The topological polar surface area (TPSA) is 70.3 Å². The summed E-state index contributed by atoms with van der Waals surface area (Å²) >= 11 is 0. The highest BCUT2D eigenvalue weighted by atomic mass is 15.1. The molecule has 1 aromatic carbocycles. The molecule has 18 heavy (non-hydrogen) atoms. The van der Waals surface area contributed by atoms with E-state index < -0.39 is 0 Å². The van der Waals surface area contributed by atoms with Crippen molar-refractivity contribution in [3.05, 3.63) is 54.0 Å². The lowest BCUT2D eigenvalue weighted by Gasteiger charge is -2.06. The van der Waals surface area contributed by atoms with Gasteiger partial charge in [-0.25, -0.2) is 9.97 Å². The quantitative estimate of drug-likeness (QED) is 0.726. The molecule has 90 valence electrons. The molecule has 0 unspecified atom stereocenters. The van der Waals surface area contributed by atoms with E-state index in [0.717, 1.165) is 13.0 Å². The van der Waals surface area contributed by atoms with E-state index in [1.165, 1.54) is 5.56 Å². The van der Waals surface area contributed by atoms with Gasteiger partial charge in [-0.05, 0) is 12.0 Å². The zero-order valence-electron chi connectivity index (χ0n) is 9.80. The Morgan fingerprint density at radius 1 is 1.17 bits per heavy atom. The number of aryl methyl sites for hydroxylation is 2. The summed E-state index contributed by atoms with van der Waals surface area (Å²) in [4.78, 5) is 11.2. The zero-order chi connectivity index (χ0) is 12.4. The lowest BCUT2D eigenvalue weighted by molar-refractivity contribution is 0.644. The Morgan fingerprint density at radius 2 is 2.00 bits per heavy atom. The van der Waals surface area contributed by atoms with Gasteiger partial charge < -0.3 is 9.55 Å². The van der Waals surface area contributed by atoms with Crippen molar-refractivity contribution in [3.63, 3.8) is 0 Å².